The Balaban J connectivity index is 2.21. The van der Waals surface area contributed by atoms with Crippen LogP contribution in [0.1, 0.15) is 31.4 Å². The number of hydrogen-bond acceptors (Lipinski definition) is 3. The molecule has 2 rings (SSSR count). The van der Waals surface area contributed by atoms with Crippen LogP contribution in [0.4, 0.5) is 0 Å². The molecule has 0 aromatic heterocycles. The Hall–Kier alpha value is -2.00. The molecule has 0 amide bonds. The maximum Gasteiger partial charge on any atom is 0.128 e. The second-order valence-corrected chi connectivity index (χ2v) is 4.53. The predicted molar refractivity (Wildman–Crippen MR) is 76.5 cm³/mol. The number of benzene rings is 2. The molecule has 3 N–H and O–H groups in total. The monoisotopic (exact) mass is 257 g/mol. The molecule has 0 bridgehead atoms. The minimum Gasteiger partial charge on any atom is -0.508 e. The Morgan fingerprint density at radius 1 is 1.11 bits per heavy atom. The van der Waals surface area contributed by atoms with Crippen LogP contribution in [-0.2, 0) is 0 Å². The number of para-hydroxylation sites is 1. The van der Waals surface area contributed by atoms with Gasteiger partial charge in [0, 0.05) is 11.6 Å². The lowest BCUT2D eigenvalue weighted by molar-refractivity contribution is 0.448. The highest BCUT2D eigenvalue weighted by Crippen LogP contribution is 2.31. The summed E-state index contributed by atoms with van der Waals surface area (Å²) in [5.41, 5.74) is 6.78. The maximum atomic E-state index is 9.86. The maximum absolute atomic E-state index is 9.86. The van der Waals surface area contributed by atoms with E-state index in [0.29, 0.717) is 5.75 Å². The van der Waals surface area contributed by atoms with Crippen LogP contribution in [0, 0.1) is 0 Å². The first-order valence-electron chi connectivity index (χ1n) is 6.52. The number of rotatable bonds is 5. The summed E-state index contributed by atoms with van der Waals surface area (Å²) in [6.07, 6.45) is 1.81. The van der Waals surface area contributed by atoms with Gasteiger partial charge in [-0.3, -0.25) is 0 Å². The average molecular weight is 257 g/mol. The van der Waals surface area contributed by atoms with Crippen LogP contribution in [0.3, 0.4) is 0 Å². The van der Waals surface area contributed by atoms with Gasteiger partial charge >= 0.3 is 0 Å². The van der Waals surface area contributed by atoms with E-state index >= 15 is 0 Å². The highest BCUT2D eigenvalue weighted by atomic mass is 16.5. The molecule has 1 atom stereocenters. The highest BCUT2D eigenvalue weighted by Gasteiger charge is 2.11. The third-order valence-corrected chi connectivity index (χ3v) is 2.98. The summed E-state index contributed by atoms with van der Waals surface area (Å²) in [5.74, 6) is 1.68. The fourth-order valence-corrected chi connectivity index (χ4v) is 1.98. The third kappa shape index (κ3) is 3.48. The molecule has 2 aromatic carbocycles. The van der Waals surface area contributed by atoms with Gasteiger partial charge in [0.2, 0.25) is 0 Å². The number of phenolic OH excluding ortho intramolecular Hbond substituents is 1. The molecule has 0 radical (unpaired) electrons. The second kappa shape index (κ2) is 6.25. The number of phenols is 1. The smallest absolute Gasteiger partial charge is 0.128 e. The quantitative estimate of drug-likeness (QED) is 0.851. The van der Waals surface area contributed by atoms with E-state index in [-0.39, 0.29) is 11.8 Å². The van der Waals surface area contributed by atoms with Crippen molar-refractivity contribution in [3.05, 3.63) is 54.1 Å². The molecule has 100 valence electrons. The zero-order valence-electron chi connectivity index (χ0n) is 11.0. The standard InChI is InChI=1S/C16H19NO2/c1-2-6-15(17)14-11-13(9-10-16(14)18)19-12-7-4-3-5-8-12/h3-5,7-11,15,18H,2,6,17H2,1H3. The first-order chi connectivity index (χ1) is 9.20. The fourth-order valence-electron chi connectivity index (χ4n) is 1.98. The first-order valence-corrected chi connectivity index (χ1v) is 6.52. The SMILES string of the molecule is CCCC(N)c1cc(Oc2ccccc2)ccc1O. The Bertz CT molecular complexity index is 526. The second-order valence-electron chi connectivity index (χ2n) is 4.53. The number of nitrogens with two attached hydrogens (primary N) is 1. The van der Waals surface area contributed by atoms with Crippen LogP contribution < -0.4 is 10.5 Å². The molecule has 0 aliphatic heterocycles. The first kappa shape index (κ1) is 13.4. The Morgan fingerprint density at radius 3 is 2.53 bits per heavy atom. The summed E-state index contributed by atoms with van der Waals surface area (Å²) < 4.78 is 5.74. The van der Waals surface area contributed by atoms with Gasteiger partial charge in [0.1, 0.15) is 17.2 Å². The molecule has 0 saturated carbocycles. The summed E-state index contributed by atoms with van der Waals surface area (Å²) in [5, 5.41) is 9.86. The van der Waals surface area contributed by atoms with Crippen molar-refractivity contribution in [3.8, 4) is 17.2 Å². The van der Waals surface area contributed by atoms with Crippen molar-refractivity contribution in [1.82, 2.24) is 0 Å². The van der Waals surface area contributed by atoms with E-state index in [1.54, 1.807) is 12.1 Å². The lowest BCUT2D eigenvalue weighted by Gasteiger charge is -2.14. The molecule has 1 unspecified atom stereocenters. The Labute approximate surface area is 113 Å². The molecule has 3 nitrogen and oxygen atoms in total. The molecule has 0 fully saturated rings. The van der Waals surface area contributed by atoms with Crippen LogP contribution in [0.15, 0.2) is 48.5 Å². The minimum atomic E-state index is -0.163. The summed E-state index contributed by atoms with van der Waals surface area (Å²) in [7, 11) is 0. The van der Waals surface area contributed by atoms with E-state index in [0.717, 1.165) is 24.2 Å². The normalized spacial score (nSPS) is 12.1. The van der Waals surface area contributed by atoms with E-state index in [4.69, 9.17) is 10.5 Å². The topological polar surface area (TPSA) is 55.5 Å². The van der Waals surface area contributed by atoms with Crippen molar-refractivity contribution in [2.45, 2.75) is 25.8 Å². The van der Waals surface area contributed by atoms with Crippen molar-refractivity contribution in [2.24, 2.45) is 5.73 Å². The van der Waals surface area contributed by atoms with Crippen LogP contribution in [0.25, 0.3) is 0 Å². The van der Waals surface area contributed by atoms with E-state index in [9.17, 15) is 5.11 Å². The van der Waals surface area contributed by atoms with Crippen molar-refractivity contribution < 1.29 is 9.84 Å². The van der Waals surface area contributed by atoms with Crippen LogP contribution in [-0.4, -0.2) is 5.11 Å². The summed E-state index contributed by atoms with van der Waals surface area (Å²) in [6.45, 7) is 2.07. The molecule has 0 aliphatic carbocycles. The zero-order chi connectivity index (χ0) is 13.7. The van der Waals surface area contributed by atoms with E-state index in [1.165, 1.54) is 0 Å². The van der Waals surface area contributed by atoms with E-state index in [1.807, 2.05) is 36.4 Å². The summed E-state index contributed by atoms with van der Waals surface area (Å²) in [6, 6.07) is 14.6. The largest absolute Gasteiger partial charge is 0.508 e. The number of aromatic hydroxyl groups is 1. The Kier molecular flexibility index (Phi) is 4.42. The van der Waals surface area contributed by atoms with Gasteiger partial charge in [-0.2, -0.15) is 0 Å². The lowest BCUT2D eigenvalue weighted by atomic mass is 10.0. The molecule has 0 aliphatic rings. The molecule has 3 heteroatoms. The molecule has 2 aromatic rings. The van der Waals surface area contributed by atoms with Crippen molar-refractivity contribution in [1.29, 1.82) is 0 Å². The van der Waals surface area contributed by atoms with Crippen molar-refractivity contribution >= 4 is 0 Å². The van der Waals surface area contributed by atoms with Crippen LogP contribution >= 0.6 is 0 Å². The molecule has 0 heterocycles. The van der Waals surface area contributed by atoms with E-state index < -0.39 is 0 Å². The molecular weight excluding hydrogens is 238 g/mol. The van der Waals surface area contributed by atoms with Gasteiger partial charge < -0.3 is 15.6 Å². The lowest BCUT2D eigenvalue weighted by Crippen LogP contribution is -2.09. The predicted octanol–water partition coefficient (Wildman–Crippen LogP) is 3.98. The van der Waals surface area contributed by atoms with Gasteiger partial charge in [-0.05, 0) is 36.8 Å². The van der Waals surface area contributed by atoms with Crippen LogP contribution in [0.2, 0.25) is 0 Å². The minimum absolute atomic E-state index is 0.163. The van der Waals surface area contributed by atoms with Crippen molar-refractivity contribution in [3.63, 3.8) is 0 Å². The number of ether oxygens (including phenoxy) is 1. The fraction of sp³-hybridized carbons (Fsp3) is 0.250. The van der Waals surface area contributed by atoms with Gasteiger partial charge in [-0.25, -0.2) is 0 Å². The molecule has 19 heavy (non-hydrogen) atoms. The summed E-state index contributed by atoms with van der Waals surface area (Å²) >= 11 is 0. The molecule has 0 spiro atoms. The third-order valence-electron chi connectivity index (χ3n) is 2.98. The van der Waals surface area contributed by atoms with Crippen molar-refractivity contribution in [2.75, 3.05) is 0 Å². The highest BCUT2D eigenvalue weighted by molar-refractivity contribution is 5.42. The molecule has 0 saturated heterocycles. The average Bonchev–Trinajstić information content (AvgIpc) is 2.42. The zero-order valence-corrected chi connectivity index (χ0v) is 11.0. The van der Waals surface area contributed by atoms with E-state index in [2.05, 4.69) is 6.92 Å². The van der Waals surface area contributed by atoms with Gasteiger partial charge in [-0.15, -0.1) is 0 Å². The Morgan fingerprint density at radius 2 is 1.84 bits per heavy atom. The van der Waals surface area contributed by atoms with Gasteiger partial charge in [-0.1, -0.05) is 31.5 Å². The van der Waals surface area contributed by atoms with Gasteiger partial charge in [0.05, 0.1) is 0 Å². The van der Waals surface area contributed by atoms with Gasteiger partial charge in [0.25, 0.3) is 0 Å². The number of hydrogen-bond donors (Lipinski definition) is 2. The van der Waals surface area contributed by atoms with Crippen LogP contribution in [0.5, 0.6) is 17.2 Å². The molecular formula is C16H19NO2. The van der Waals surface area contributed by atoms with Gasteiger partial charge in [0.15, 0.2) is 0 Å². The summed E-state index contributed by atoms with van der Waals surface area (Å²) in [4.78, 5) is 0.